The number of hydrogen-bond acceptors (Lipinski definition) is 6. The van der Waals surface area contributed by atoms with Crippen LogP contribution in [-0.2, 0) is 22.6 Å². The average molecular weight is 421 g/mol. The summed E-state index contributed by atoms with van der Waals surface area (Å²) in [5.74, 6) is 5.71. The highest BCUT2D eigenvalue weighted by atomic mass is 16.5. The number of rotatable bonds is 10. The van der Waals surface area contributed by atoms with E-state index in [0.717, 1.165) is 21.9 Å². The van der Waals surface area contributed by atoms with Crippen molar-refractivity contribution in [1.29, 1.82) is 0 Å². The number of ether oxygens (including phenoxy) is 1. The van der Waals surface area contributed by atoms with E-state index in [1.165, 1.54) is 5.01 Å². The van der Waals surface area contributed by atoms with Crippen LogP contribution < -0.4 is 17.1 Å². The van der Waals surface area contributed by atoms with E-state index in [0.29, 0.717) is 18.7 Å². The highest BCUT2D eigenvalue weighted by molar-refractivity contribution is 5.83. The van der Waals surface area contributed by atoms with Gasteiger partial charge in [-0.25, -0.2) is 11.3 Å². The van der Waals surface area contributed by atoms with Crippen LogP contribution in [0.1, 0.15) is 17.5 Å². The molecule has 0 fully saturated rings. The molecule has 3 aromatic carbocycles. The van der Waals surface area contributed by atoms with E-state index >= 15 is 0 Å². The highest BCUT2D eigenvalue weighted by Crippen LogP contribution is 2.18. The molecule has 0 spiro atoms. The average Bonchev–Trinajstić information content (AvgIpc) is 2.79. The largest absolute Gasteiger partial charge is 0.399 e. The van der Waals surface area contributed by atoms with Crippen LogP contribution in [-0.4, -0.2) is 28.8 Å². The molecule has 0 aliphatic carbocycles. The van der Waals surface area contributed by atoms with E-state index in [-0.39, 0.29) is 13.0 Å². The Morgan fingerprint density at radius 1 is 1.03 bits per heavy atom. The Morgan fingerprint density at radius 2 is 1.74 bits per heavy atom. The minimum Gasteiger partial charge on any atom is -0.399 e. The first kappa shape index (κ1) is 22.3. The van der Waals surface area contributed by atoms with Gasteiger partial charge in [-0.15, -0.1) is 0 Å². The van der Waals surface area contributed by atoms with E-state index in [9.17, 15) is 4.79 Å². The predicted molar refractivity (Wildman–Crippen MR) is 120 cm³/mol. The molecule has 1 atom stereocenters. The van der Waals surface area contributed by atoms with Gasteiger partial charge in [-0.2, -0.15) is 0 Å². The van der Waals surface area contributed by atoms with Crippen molar-refractivity contribution >= 4 is 16.7 Å². The van der Waals surface area contributed by atoms with Crippen LogP contribution in [0.4, 0.5) is 0 Å². The Kier molecular flexibility index (Phi) is 8.00. The van der Waals surface area contributed by atoms with E-state index < -0.39 is 11.9 Å². The minimum absolute atomic E-state index is 0.00841. The Morgan fingerprint density at radius 3 is 2.48 bits per heavy atom. The Hall–Kier alpha value is -3.39. The predicted octanol–water partition coefficient (Wildman–Crippen LogP) is 2.84. The van der Waals surface area contributed by atoms with Gasteiger partial charge in [0.05, 0.1) is 31.4 Å². The lowest BCUT2D eigenvalue weighted by Crippen LogP contribution is -2.42. The van der Waals surface area contributed by atoms with Crippen LogP contribution in [0, 0.1) is 0 Å². The molecule has 162 valence electrons. The summed E-state index contributed by atoms with van der Waals surface area (Å²) < 4.78 is 5.64. The number of amides is 1. The molecule has 1 amide bonds. The molecular weight excluding hydrogens is 392 g/mol. The van der Waals surface area contributed by atoms with Gasteiger partial charge >= 0.3 is 0 Å². The lowest BCUT2D eigenvalue weighted by Gasteiger charge is -2.26. The van der Waals surface area contributed by atoms with Crippen molar-refractivity contribution < 1.29 is 14.7 Å². The van der Waals surface area contributed by atoms with Crippen LogP contribution in [0.25, 0.3) is 10.8 Å². The molecule has 0 aromatic heterocycles. The van der Waals surface area contributed by atoms with Gasteiger partial charge in [0, 0.05) is 6.20 Å². The summed E-state index contributed by atoms with van der Waals surface area (Å²) in [6, 6.07) is 23.6. The third-order valence-corrected chi connectivity index (χ3v) is 4.95. The summed E-state index contributed by atoms with van der Waals surface area (Å²) in [5, 5.41) is 12.6. The molecule has 0 aliphatic rings. The number of nitrogens with one attached hydrogen (secondary N) is 1. The topological polar surface area (TPSA) is 114 Å². The van der Waals surface area contributed by atoms with Crippen LogP contribution in [0.2, 0.25) is 0 Å². The SMILES string of the molecule is N/C(=C\N(N)C(CC(=O)NO)Cc1ccc2ccccc2c1)COCc1ccccc1. The number of carbonyl (C=O) groups excluding carboxylic acids is 1. The zero-order chi connectivity index (χ0) is 22.1. The van der Waals surface area contributed by atoms with Crippen molar-refractivity contribution in [2.75, 3.05) is 6.61 Å². The number of hydrazine groups is 1. The van der Waals surface area contributed by atoms with Crippen molar-refractivity contribution in [3.05, 3.63) is 95.8 Å². The molecule has 1 unspecified atom stereocenters. The first-order chi connectivity index (χ1) is 15.0. The lowest BCUT2D eigenvalue weighted by molar-refractivity contribution is -0.130. The smallest absolute Gasteiger partial charge is 0.245 e. The number of nitrogens with zero attached hydrogens (tertiary/aromatic N) is 1. The number of benzene rings is 3. The monoisotopic (exact) mass is 420 g/mol. The van der Waals surface area contributed by atoms with Gasteiger partial charge in [0.15, 0.2) is 0 Å². The molecule has 3 rings (SSSR count). The maximum Gasteiger partial charge on any atom is 0.245 e. The van der Waals surface area contributed by atoms with Gasteiger partial charge in [0.25, 0.3) is 0 Å². The molecule has 7 heteroatoms. The Labute approximate surface area is 181 Å². The standard InChI is InChI=1S/C24H28N4O3/c25-22(17-31-16-18-6-2-1-3-7-18)15-28(26)23(14-24(29)27-30)13-19-10-11-20-8-4-5-9-21(20)12-19/h1-12,15,23,30H,13-14,16-17,25-26H2,(H,27,29)/b22-15-. The van der Waals surface area contributed by atoms with Crippen LogP contribution >= 0.6 is 0 Å². The Bertz CT molecular complexity index is 1020. The maximum atomic E-state index is 11.8. The molecule has 7 nitrogen and oxygen atoms in total. The van der Waals surface area contributed by atoms with Crippen molar-refractivity contribution in [2.45, 2.75) is 25.5 Å². The molecule has 0 saturated carbocycles. The summed E-state index contributed by atoms with van der Waals surface area (Å²) >= 11 is 0. The molecule has 6 N–H and O–H groups in total. The van der Waals surface area contributed by atoms with Gasteiger partial charge in [0.2, 0.25) is 5.91 Å². The van der Waals surface area contributed by atoms with Gasteiger partial charge < -0.3 is 15.5 Å². The summed E-state index contributed by atoms with van der Waals surface area (Å²) in [5.41, 5.74) is 10.3. The number of fused-ring (bicyclic) bond motifs is 1. The highest BCUT2D eigenvalue weighted by Gasteiger charge is 2.19. The number of hydrogen-bond donors (Lipinski definition) is 4. The fourth-order valence-corrected chi connectivity index (χ4v) is 3.38. The normalized spacial score (nSPS) is 12.5. The third-order valence-electron chi connectivity index (χ3n) is 4.95. The Balaban J connectivity index is 1.65. The van der Waals surface area contributed by atoms with Crippen LogP contribution in [0.15, 0.2) is 84.7 Å². The number of carbonyl (C=O) groups is 1. The first-order valence-corrected chi connectivity index (χ1v) is 10.1. The van der Waals surface area contributed by atoms with Crippen molar-refractivity contribution in [2.24, 2.45) is 11.6 Å². The first-order valence-electron chi connectivity index (χ1n) is 10.1. The van der Waals surface area contributed by atoms with E-state index in [2.05, 4.69) is 6.07 Å². The van der Waals surface area contributed by atoms with Crippen LogP contribution in [0.3, 0.4) is 0 Å². The van der Waals surface area contributed by atoms with Gasteiger partial charge in [-0.3, -0.25) is 10.0 Å². The molecule has 0 bridgehead atoms. The van der Waals surface area contributed by atoms with E-state index in [4.69, 9.17) is 21.5 Å². The zero-order valence-electron chi connectivity index (χ0n) is 17.3. The second kappa shape index (κ2) is 11.1. The molecule has 0 radical (unpaired) electrons. The minimum atomic E-state index is -0.520. The van der Waals surface area contributed by atoms with Crippen molar-refractivity contribution in [3.63, 3.8) is 0 Å². The molecule has 0 aliphatic heterocycles. The number of nitrogens with two attached hydrogens (primary N) is 2. The quantitative estimate of drug-likeness (QED) is 0.228. The molecule has 0 heterocycles. The van der Waals surface area contributed by atoms with Crippen molar-refractivity contribution in [3.8, 4) is 0 Å². The van der Waals surface area contributed by atoms with Gasteiger partial charge in [0.1, 0.15) is 0 Å². The molecule has 3 aromatic rings. The fourth-order valence-electron chi connectivity index (χ4n) is 3.38. The summed E-state index contributed by atoms with van der Waals surface area (Å²) in [6.07, 6.45) is 2.08. The zero-order valence-corrected chi connectivity index (χ0v) is 17.3. The molecule has 0 saturated heterocycles. The van der Waals surface area contributed by atoms with Gasteiger partial charge in [-0.1, -0.05) is 72.8 Å². The second-order valence-electron chi connectivity index (χ2n) is 7.41. The second-order valence-corrected chi connectivity index (χ2v) is 7.41. The fraction of sp³-hybridized carbons (Fsp3) is 0.208. The summed E-state index contributed by atoms with van der Waals surface area (Å²) in [4.78, 5) is 11.8. The van der Waals surface area contributed by atoms with Crippen LogP contribution in [0.5, 0.6) is 0 Å². The van der Waals surface area contributed by atoms with E-state index in [1.807, 2.05) is 66.7 Å². The summed E-state index contributed by atoms with van der Waals surface area (Å²) in [7, 11) is 0. The van der Waals surface area contributed by atoms with Crippen molar-refractivity contribution in [1.82, 2.24) is 10.5 Å². The molecule has 31 heavy (non-hydrogen) atoms. The maximum absolute atomic E-state index is 11.8. The summed E-state index contributed by atoms with van der Waals surface area (Å²) in [6.45, 7) is 0.644. The lowest BCUT2D eigenvalue weighted by atomic mass is 9.99. The van der Waals surface area contributed by atoms with Gasteiger partial charge in [-0.05, 0) is 28.3 Å². The third kappa shape index (κ3) is 6.82. The molecular formula is C24H28N4O3. The van der Waals surface area contributed by atoms with E-state index in [1.54, 1.807) is 11.7 Å². The number of hydroxylamine groups is 1.